The van der Waals surface area contributed by atoms with Crippen LogP contribution in [0.15, 0.2) is 0 Å². The number of alkyl halides is 1. The van der Waals surface area contributed by atoms with Crippen LogP contribution in [0.4, 0.5) is 0 Å². The lowest BCUT2D eigenvalue weighted by atomic mass is 10.4. The van der Waals surface area contributed by atoms with Crippen molar-refractivity contribution in [3.63, 3.8) is 0 Å². The van der Waals surface area contributed by atoms with E-state index in [0.717, 1.165) is 31.9 Å². The Hall–Kier alpha value is 0.540. The van der Waals surface area contributed by atoms with E-state index in [9.17, 15) is 0 Å². The van der Waals surface area contributed by atoms with E-state index in [1.54, 1.807) is 0 Å². The van der Waals surface area contributed by atoms with E-state index in [4.69, 9.17) is 11.6 Å². The molecule has 0 heterocycles. The molecule has 0 aromatic rings. The zero-order valence-corrected chi connectivity index (χ0v) is 8.25. The van der Waals surface area contributed by atoms with E-state index in [1.807, 2.05) is 0 Å². The van der Waals surface area contributed by atoms with Crippen molar-refractivity contribution in [1.29, 1.82) is 0 Å². The van der Waals surface area contributed by atoms with Gasteiger partial charge in [-0.25, -0.2) is 0 Å². The molecule has 0 aliphatic rings. The summed E-state index contributed by atoms with van der Waals surface area (Å²) in [5.41, 5.74) is 0. The maximum atomic E-state index is 5.53. The lowest BCUT2D eigenvalue weighted by Gasteiger charge is -2.16. The number of nitrogens with zero attached hydrogens (tertiary/aromatic N) is 1. The molecule has 0 aromatic carbocycles. The number of rotatable bonds is 5. The summed E-state index contributed by atoms with van der Waals surface area (Å²) in [6, 6.07) is 0. The van der Waals surface area contributed by atoms with Gasteiger partial charge in [0, 0.05) is 5.88 Å². The van der Waals surface area contributed by atoms with Gasteiger partial charge in [-0.3, -0.25) is 0 Å². The third-order valence-corrected chi connectivity index (χ3v) is 1.77. The van der Waals surface area contributed by atoms with Crippen LogP contribution in [0.1, 0.15) is 20.3 Å². The Labute approximate surface area is 75.1 Å². The van der Waals surface area contributed by atoms with E-state index in [2.05, 4.69) is 18.7 Å². The lowest BCUT2D eigenvalue weighted by molar-refractivity contribution is -0.00000203. The van der Waals surface area contributed by atoms with Gasteiger partial charge in [0.1, 0.15) is 0 Å². The minimum Gasteiger partial charge on any atom is -1.00 e. The largest absolute Gasteiger partial charge is 1.00 e. The van der Waals surface area contributed by atoms with E-state index in [-0.39, 0.29) is 12.4 Å². The fourth-order valence-electron chi connectivity index (χ4n) is 0.823. The molecule has 0 saturated carbocycles. The Bertz CT molecular complexity index is 55.6. The predicted octanol–water partition coefficient (Wildman–Crippen LogP) is -1.04. The van der Waals surface area contributed by atoms with Crippen LogP contribution in [0.3, 0.4) is 0 Å². The van der Waals surface area contributed by atoms with Crippen molar-refractivity contribution >= 4 is 11.6 Å². The summed E-state index contributed by atoms with van der Waals surface area (Å²) in [6.07, 6.45) is 1.11. The lowest BCUT2D eigenvalue weighted by Crippen LogP contribution is -3.00. The van der Waals surface area contributed by atoms with Crippen molar-refractivity contribution in [2.45, 2.75) is 20.3 Å². The molecule has 0 saturated heterocycles. The molecule has 0 aliphatic carbocycles. The average Bonchev–Trinajstić information content (AvgIpc) is 1.91. The van der Waals surface area contributed by atoms with E-state index < -0.39 is 0 Å². The maximum Gasteiger partial charge on any atom is 0.0235 e. The third kappa shape index (κ3) is 6.66. The van der Waals surface area contributed by atoms with E-state index in [1.165, 1.54) is 0 Å². The quantitative estimate of drug-likeness (QED) is 0.494. The molecule has 64 valence electrons. The Balaban J connectivity index is 0. The molecule has 0 N–H and O–H groups in total. The molecule has 0 aromatic heterocycles. The second kappa shape index (κ2) is 9.54. The highest BCUT2D eigenvalue weighted by Crippen LogP contribution is 1.91. The van der Waals surface area contributed by atoms with Crippen LogP contribution in [-0.2, 0) is 0 Å². The van der Waals surface area contributed by atoms with Crippen LogP contribution in [0.25, 0.3) is 0 Å². The van der Waals surface area contributed by atoms with E-state index in [0.29, 0.717) is 0 Å². The molecule has 0 atom stereocenters. The normalized spacial score (nSPS) is 9.60. The third-order valence-electron chi connectivity index (χ3n) is 1.50. The predicted molar refractivity (Wildman–Crippen MR) is 43.1 cm³/mol. The summed E-state index contributed by atoms with van der Waals surface area (Å²) in [4.78, 5) is 2.38. The van der Waals surface area contributed by atoms with Crippen LogP contribution in [0.5, 0.6) is 0 Å². The molecule has 0 fully saturated rings. The fraction of sp³-hybridized carbons (Fsp3) is 1.00. The van der Waals surface area contributed by atoms with Crippen molar-refractivity contribution in [3.05, 3.63) is 0 Å². The van der Waals surface area contributed by atoms with Gasteiger partial charge < -0.3 is 17.3 Å². The summed E-state index contributed by atoms with van der Waals surface area (Å²) in [5, 5.41) is 0. The van der Waals surface area contributed by atoms with Gasteiger partial charge in [0.05, 0.1) is 0 Å². The van der Waals surface area contributed by atoms with Crippen molar-refractivity contribution in [1.82, 2.24) is 4.90 Å². The second-order valence-corrected chi connectivity index (χ2v) is 2.45. The molecule has 0 radical (unpaired) electrons. The van der Waals surface area contributed by atoms with Crippen LogP contribution in [0.2, 0.25) is 0 Å². The van der Waals surface area contributed by atoms with E-state index >= 15 is 0 Å². The highest BCUT2D eigenvalue weighted by atomic mass is 35.5. The SMILES string of the molecule is CCN(CC)CCCCl.[Cl-]. The minimum absolute atomic E-state index is 0. The van der Waals surface area contributed by atoms with Crippen LogP contribution < -0.4 is 12.4 Å². The van der Waals surface area contributed by atoms with Crippen molar-refractivity contribution in [2.75, 3.05) is 25.5 Å². The zero-order chi connectivity index (χ0) is 7.11. The van der Waals surface area contributed by atoms with Gasteiger partial charge in [-0.1, -0.05) is 13.8 Å². The summed E-state index contributed by atoms with van der Waals surface area (Å²) in [5.74, 6) is 0.788. The Morgan fingerprint density at radius 1 is 1.20 bits per heavy atom. The van der Waals surface area contributed by atoms with Gasteiger partial charge >= 0.3 is 0 Å². The summed E-state index contributed by atoms with van der Waals surface area (Å²) in [6.45, 7) is 7.80. The Kier molecular flexibility index (Phi) is 12.5. The summed E-state index contributed by atoms with van der Waals surface area (Å²) < 4.78 is 0. The number of hydrogen-bond donors (Lipinski definition) is 0. The minimum atomic E-state index is 0. The average molecular weight is 185 g/mol. The van der Waals surface area contributed by atoms with Gasteiger partial charge in [-0.2, -0.15) is 0 Å². The molecule has 3 heteroatoms. The molecule has 0 amide bonds. The van der Waals surface area contributed by atoms with Crippen molar-refractivity contribution in [3.8, 4) is 0 Å². The molecular formula is C7H16Cl2N-. The van der Waals surface area contributed by atoms with Gasteiger partial charge in [0.25, 0.3) is 0 Å². The zero-order valence-electron chi connectivity index (χ0n) is 6.74. The standard InChI is InChI=1S/C7H16ClN.ClH/c1-3-9(4-2)7-5-6-8;/h3-7H2,1-2H3;1H/p-1. The van der Waals surface area contributed by atoms with Crippen LogP contribution in [-0.4, -0.2) is 30.4 Å². The smallest absolute Gasteiger partial charge is 0.0235 e. The topological polar surface area (TPSA) is 3.24 Å². The monoisotopic (exact) mass is 184 g/mol. The maximum absolute atomic E-state index is 5.53. The molecule has 0 bridgehead atoms. The van der Waals surface area contributed by atoms with Gasteiger partial charge in [-0.15, -0.1) is 11.6 Å². The van der Waals surface area contributed by atoms with Crippen molar-refractivity contribution in [2.24, 2.45) is 0 Å². The molecule has 1 nitrogen and oxygen atoms in total. The van der Waals surface area contributed by atoms with Crippen molar-refractivity contribution < 1.29 is 12.4 Å². The first kappa shape index (κ1) is 13.2. The van der Waals surface area contributed by atoms with Gasteiger partial charge in [-0.05, 0) is 26.1 Å². The summed E-state index contributed by atoms with van der Waals surface area (Å²) >= 11 is 5.53. The first-order valence-electron chi connectivity index (χ1n) is 3.63. The number of halogens is 2. The second-order valence-electron chi connectivity index (χ2n) is 2.07. The Morgan fingerprint density at radius 2 is 1.70 bits per heavy atom. The van der Waals surface area contributed by atoms with Gasteiger partial charge in [0.2, 0.25) is 0 Å². The molecule has 0 rings (SSSR count). The van der Waals surface area contributed by atoms with Crippen LogP contribution in [0, 0.1) is 0 Å². The number of hydrogen-bond acceptors (Lipinski definition) is 1. The van der Waals surface area contributed by atoms with Crippen LogP contribution >= 0.6 is 11.6 Å². The first-order chi connectivity index (χ1) is 4.35. The highest BCUT2D eigenvalue weighted by Gasteiger charge is 1.95. The highest BCUT2D eigenvalue weighted by molar-refractivity contribution is 6.17. The molecule has 0 aliphatic heterocycles. The fourth-order valence-corrected chi connectivity index (χ4v) is 0.943. The molecular weight excluding hydrogens is 169 g/mol. The molecule has 10 heavy (non-hydrogen) atoms. The molecule has 0 unspecified atom stereocenters. The molecule has 0 spiro atoms. The Morgan fingerprint density at radius 3 is 2.00 bits per heavy atom. The summed E-state index contributed by atoms with van der Waals surface area (Å²) in [7, 11) is 0. The first-order valence-corrected chi connectivity index (χ1v) is 4.16. The van der Waals surface area contributed by atoms with Gasteiger partial charge in [0.15, 0.2) is 0 Å².